The molecule has 0 bridgehead atoms. The normalized spacial score (nSPS) is 10.6. The molecule has 0 spiro atoms. The van der Waals surface area contributed by atoms with E-state index < -0.39 is 0 Å². The number of rotatable bonds is 2. The quantitative estimate of drug-likeness (QED) is 0.541. The van der Waals surface area contributed by atoms with Gasteiger partial charge < -0.3 is 0 Å². The minimum absolute atomic E-state index is 1.27. The van der Waals surface area contributed by atoms with E-state index in [1.807, 2.05) is 0 Å². The van der Waals surface area contributed by atoms with Gasteiger partial charge in [0, 0.05) is 0 Å². The Kier molecular flexibility index (Phi) is 3.62. The van der Waals surface area contributed by atoms with E-state index in [1.165, 1.54) is 38.9 Å². The Morgan fingerprint density at radius 3 is 1.76 bits per heavy atom. The van der Waals surface area contributed by atoms with E-state index in [2.05, 4.69) is 87.5 Å². The van der Waals surface area contributed by atoms with Crippen molar-refractivity contribution in [1.29, 1.82) is 0 Å². The molecule has 0 atom stereocenters. The summed E-state index contributed by atoms with van der Waals surface area (Å²) >= 11 is 0. The highest BCUT2D eigenvalue weighted by Gasteiger charge is 2.06. The van der Waals surface area contributed by atoms with E-state index in [1.54, 1.807) is 0 Å². The molecule has 0 radical (unpaired) electrons. The van der Waals surface area contributed by atoms with Gasteiger partial charge in [-0.15, -0.1) is 0 Å². The van der Waals surface area contributed by atoms with Crippen molar-refractivity contribution in [3.63, 3.8) is 0 Å². The lowest BCUT2D eigenvalue weighted by Crippen LogP contribution is -1.88. The molecule has 0 heteroatoms. The predicted molar refractivity (Wildman–Crippen MR) is 91.5 cm³/mol. The Labute approximate surface area is 127 Å². The molecule has 0 saturated carbocycles. The molecule has 3 aromatic carbocycles. The maximum atomic E-state index is 2.29. The van der Waals surface area contributed by atoms with Crippen LogP contribution in [0.4, 0.5) is 0 Å². The van der Waals surface area contributed by atoms with Crippen molar-refractivity contribution in [2.45, 2.75) is 20.8 Å². The first kappa shape index (κ1) is 13.6. The van der Waals surface area contributed by atoms with Gasteiger partial charge in [-0.05, 0) is 60.2 Å². The first-order chi connectivity index (χ1) is 10.1. The van der Waals surface area contributed by atoms with E-state index in [4.69, 9.17) is 0 Å². The molecule has 0 aliphatic heterocycles. The van der Waals surface area contributed by atoms with Crippen molar-refractivity contribution in [2.24, 2.45) is 0 Å². The summed E-state index contributed by atoms with van der Waals surface area (Å²) in [5.41, 5.74) is 9.15. The fourth-order valence-corrected chi connectivity index (χ4v) is 2.87. The maximum absolute atomic E-state index is 2.29. The second kappa shape index (κ2) is 5.57. The smallest absolute Gasteiger partial charge is 0.0125 e. The van der Waals surface area contributed by atoms with Gasteiger partial charge in [-0.2, -0.15) is 0 Å². The standard InChI is InChI=1S/C21H20/c1-15-10-12-18(13-11-15)19-8-5-9-20(14-19)21-16(2)6-4-7-17(21)3/h4-14H,1-3H3. The van der Waals surface area contributed by atoms with Crippen molar-refractivity contribution >= 4 is 0 Å². The van der Waals surface area contributed by atoms with Crippen LogP contribution in [0.25, 0.3) is 22.3 Å². The summed E-state index contributed by atoms with van der Waals surface area (Å²) in [7, 11) is 0. The third-order valence-corrected chi connectivity index (χ3v) is 4.02. The van der Waals surface area contributed by atoms with Crippen LogP contribution in [0.3, 0.4) is 0 Å². The Balaban J connectivity index is 2.10. The highest BCUT2D eigenvalue weighted by atomic mass is 14.1. The molecular weight excluding hydrogens is 252 g/mol. The third kappa shape index (κ3) is 2.75. The second-order valence-corrected chi connectivity index (χ2v) is 5.71. The molecule has 0 saturated heterocycles. The van der Waals surface area contributed by atoms with Gasteiger partial charge in [0.1, 0.15) is 0 Å². The average molecular weight is 272 g/mol. The van der Waals surface area contributed by atoms with Crippen molar-refractivity contribution in [2.75, 3.05) is 0 Å². The topological polar surface area (TPSA) is 0 Å². The van der Waals surface area contributed by atoms with Gasteiger partial charge in [-0.1, -0.05) is 66.2 Å². The monoisotopic (exact) mass is 272 g/mol. The SMILES string of the molecule is Cc1ccc(-c2cccc(-c3c(C)cccc3C)c2)cc1. The van der Waals surface area contributed by atoms with Crippen LogP contribution in [-0.2, 0) is 0 Å². The lowest BCUT2D eigenvalue weighted by Gasteiger charge is -2.11. The maximum Gasteiger partial charge on any atom is -0.0125 e. The van der Waals surface area contributed by atoms with Gasteiger partial charge in [0.2, 0.25) is 0 Å². The molecule has 104 valence electrons. The lowest BCUT2D eigenvalue weighted by molar-refractivity contribution is 1.38. The Morgan fingerprint density at radius 1 is 0.524 bits per heavy atom. The number of hydrogen-bond donors (Lipinski definition) is 0. The second-order valence-electron chi connectivity index (χ2n) is 5.71. The average Bonchev–Trinajstić information content (AvgIpc) is 2.48. The molecule has 0 aliphatic rings. The minimum atomic E-state index is 1.27. The van der Waals surface area contributed by atoms with Crippen LogP contribution in [0.5, 0.6) is 0 Å². The largest absolute Gasteiger partial charge is 0.0617 e. The van der Waals surface area contributed by atoms with E-state index in [-0.39, 0.29) is 0 Å². The number of benzene rings is 3. The summed E-state index contributed by atoms with van der Waals surface area (Å²) in [6.07, 6.45) is 0. The van der Waals surface area contributed by atoms with Crippen molar-refractivity contribution in [3.8, 4) is 22.3 Å². The van der Waals surface area contributed by atoms with Gasteiger partial charge in [0.15, 0.2) is 0 Å². The zero-order valence-electron chi connectivity index (χ0n) is 12.9. The van der Waals surface area contributed by atoms with Crippen LogP contribution in [-0.4, -0.2) is 0 Å². The van der Waals surface area contributed by atoms with Crippen molar-refractivity contribution < 1.29 is 0 Å². The van der Waals surface area contributed by atoms with E-state index in [0.29, 0.717) is 0 Å². The van der Waals surface area contributed by atoms with E-state index in [9.17, 15) is 0 Å². The zero-order valence-corrected chi connectivity index (χ0v) is 12.9. The van der Waals surface area contributed by atoms with Crippen molar-refractivity contribution in [1.82, 2.24) is 0 Å². The first-order valence-electron chi connectivity index (χ1n) is 7.39. The first-order valence-corrected chi connectivity index (χ1v) is 7.39. The Hall–Kier alpha value is -2.34. The van der Waals surface area contributed by atoms with Gasteiger partial charge in [-0.25, -0.2) is 0 Å². The Morgan fingerprint density at radius 2 is 1.10 bits per heavy atom. The van der Waals surface area contributed by atoms with E-state index >= 15 is 0 Å². The summed E-state index contributed by atoms with van der Waals surface area (Å²) in [6, 6.07) is 24.0. The molecule has 0 aliphatic carbocycles. The summed E-state index contributed by atoms with van der Waals surface area (Å²) in [6.45, 7) is 6.48. The molecular formula is C21H20. The van der Waals surface area contributed by atoms with Crippen LogP contribution in [0, 0.1) is 20.8 Å². The van der Waals surface area contributed by atoms with Crippen LogP contribution >= 0.6 is 0 Å². The fourth-order valence-electron chi connectivity index (χ4n) is 2.87. The van der Waals surface area contributed by atoms with Gasteiger partial charge >= 0.3 is 0 Å². The number of aryl methyl sites for hydroxylation is 3. The summed E-state index contributed by atoms with van der Waals surface area (Å²) in [5.74, 6) is 0. The van der Waals surface area contributed by atoms with Crippen LogP contribution < -0.4 is 0 Å². The van der Waals surface area contributed by atoms with Gasteiger partial charge in [-0.3, -0.25) is 0 Å². The van der Waals surface area contributed by atoms with Gasteiger partial charge in [0.25, 0.3) is 0 Å². The predicted octanol–water partition coefficient (Wildman–Crippen LogP) is 5.95. The fraction of sp³-hybridized carbons (Fsp3) is 0.143. The molecule has 0 N–H and O–H groups in total. The molecule has 0 unspecified atom stereocenters. The van der Waals surface area contributed by atoms with Gasteiger partial charge in [0.05, 0.1) is 0 Å². The third-order valence-electron chi connectivity index (χ3n) is 4.02. The molecule has 0 heterocycles. The summed E-state index contributed by atoms with van der Waals surface area (Å²) in [4.78, 5) is 0. The molecule has 0 fully saturated rings. The van der Waals surface area contributed by atoms with Crippen LogP contribution in [0.2, 0.25) is 0 Å². The number of hydrogen-bond acceptors (Lipinski definition) is 0. The van der Waals surface area contributed by atoms with E-state index in [0.717, 1.165) is 0 Å². The molecule has 3 aromatic rings. The molecule has 3 rings (SSSR count). The van der Waals surface area contributed by atoms with Crippen LogP contribution in [0.15, 0.2) is 66.7 Å². The molecule has 0 amide bonds. The lowest BCUT2D eigenvalue weighted by atomic mass is 9.93. The van der Waals surface area contributed by atoms with Crippen molar-refractivity contribution in [3.05, 3.63) is 83.4 Å². The highest BCUT2D eigenvalue weighted by molar-refractivity contribution is 5.76. The summed E-state index contributed by atoms with van der Waals surface area (Å²) in [5, 5.41) is 0. The highest BCUT2D eigenvalue weighted by Crippen LogP contribution is 2.30. The minimum Gasteiger partial charge on any atom is -0.0617 e. The van der Waals surface area contributed by atoms with Crippen LogP contribution in [0.1, 0.15) is 16.7 Å². The molecule has 0 nitrogen and oxygen atoms in total. The molecule has 0 aromatic heterocycles. The summed E-state index contributed by atoms with van der Waals surface area (Å²) < 4.78 is 0. The Bertz CT molecular complexity index is 744. The molecule has 21 heavy (non-hydrogen) atoms. The zero-order chi connectivity index (χ0) is 14.8.